The molecule has 0 spiro atoms. The molecular formula is C17H15N5O. The monoisotopic (exact) mass is 305 g/mol. The van der Waals surface area contributed by atoms with Gasteiger partial charge >= 0.3 is 0 Å². The molecule has 6 heteroatoms. The number of benzene rings is 1. The smallest absolute Gasteiger partial charge is 0.153 e. The molecule has 0 aliphatic heterocycles. The Labute approximate surface area is 132 Å². The molecular weight excluding hydrogens is 290 g/mol. The van der Waals surface area contributed by atoms with Crippen LogP contribution in [0.25, 0.3) is 16.9 Å². The van der Waals surface area contributed by atoms with Gasteiger partial charge in [0.1, 0.15) is 5.75 Å². The van der Waals surface area contributed by atoms with E-state index in [0.29, 0.717) is 6.42 Å². The number of rotatable bonds is 3. The van der Waals surface area contributed by atoms with Gasteiger partial charge in [-0.15, -0.1) is 0 Å². The first kappa shape index (κ1) is 13.5. The third-order valence-corrected chi connectivity index (χ3v) is 3.76. The van der Waals surface area contributed by atoms with Gasteiger partial charge in [0.05, 0.1) is 23.8 Å². The van der Waals surface area contributed by atoms with Crippen LogP contribution in [0, 0.1) is 0 Å². The molecule has 6 nitrogen and oxygen atoms in total. The lowest BCUT2D eigenvalue weighted by Gasteiger charge is -2.03. The van der Waals surface area contributed by atoms with Crippen molar-refractivity contribution in [3.63, 3.8) is 0 Å². The Morgan fingerprint density at radius 1 is 1.04 bits per heavy atom. The van der Waals surface area contributed by atoms with Gasteiger partial charge in [0.15, 0.2) is 5.65 Å². The SMILES string of the molecule is Cn1cc(-c2ccc3ncc(Cc4ccc(O)cc4)n3n2)cn1. The molecule has 114 valence electrons. The quantitative estimate of drug-likeness (QED) is 0.631. The molecule has 0 saturated heterocycles. The van der Waals surface area contributed by atoms with Gasteiger partial charge < -0.3 is 5.11 Å². The zero-order valence-electron chi connectivity index (χ0n) is 12.6. The molecule has 0 aliphatic carbocycles. The van der Waals surface area contributed by atoms with E-state index in [1.807, 2.05) is 48.2 Å². The van der Waals surface area contributed by atoms with Crippen molar-refractivity contribution in [2.45, 2.75) is 6.42 Å². The number of nitrogens with zero attached hydrogens (tertiary/aromatic N) is 5. The third-order valence-electron chi connectivity index (χ3n) is 3.76. The van der Waals surface area contributed by atoms with E-state index < -0.39 is 0 Å². The van der Waals surface area contributed by atoms with E-state index in [9.17, 15) is 5.11 Å². The van der Waals surface area contributed by atoms with Crippen LogP contribution in [0.4, 0.5) is 0 Å². The van der Waals surface area contributed by atoms with E-state index in [4.69, 9.17) is 0 Å². The van der Waals surface area contributed by atoms with Gasteiger partial charge in [0.2, 0.25) is 0 Å². The first-order chi connectivity index (χ1) is 11.2. The molecule has 0 amide bonds. The van der Waals surface area contributed by atoms with Crippen LogP contribution in [-0.4, -0.2) is 29.5 Å². The van der Waals surface area contributed by atoms with Crippen LogP contribution in [0.1, 0.15) is 11.3 Å². The Kier molecular flexibility index (Phi) is 3.08. The average Bonchev–Trinajstić information content (AvgIpc) is 3.16. The Morgan fingerprint density at radius 2 is 1.87 bits per heavy atom. The second-order valence-electron chi connectivity index (χ2n) is 5.48. The number of aromatic hydroxyl groups is 1. The number of hydrogen-bond acceptors (Lipinski definition) is 4. The zero-order chi connectivity index (χ0) is 15.8. The van der Waals surface area contributed by atoms with Gasteiger partial charge in [-0.1, -0.05) is 12.1 Å². The maximum absolute atomic E-state index is 9.38. The van der Waals surface area contributed by atoms with Crippen LogP contribution >= 0.6 is 0 Å². The molecule has 0 radical (unpaired) electrons. The van der Waals surface area contributed by atoms with E-state index >= 15 is 0 Å². The van der Waals surface area contributed by atoms with Crippen molar-refractivity contribution in [2.75, 3.05) is 0 Å². The van der Waals surface area contributed by atoms with Crippen LogP contribution in [-0.2, 0) is 13.5 Å². The Hall–Kier alpha value is -3.15. The molecule has 4 rings (SSSR count). The lowest BCUT2D eigenvalue weighted by atomic mass is 10.1. The maximum Gasteiger partial charge on any atom is 0.153 e. The van der Waals surface area contributed by atoms with Crippen molar-refractivity contribution in [1.29, 1.82) is 0 Å². The maximum atomic E-state index is 9.38. The molecule has 0 atom stereocenters. The predicted octanol–water partition coefficient (Wildman–Crippen LogP) is 2.43. The van der Waals surface area contributed by atoms with E-state index in [2.05, 4.69) is 15.2 Å². The highest BCUT2D eigenvalue weighted by atomic mass is 16.3. The largest absolute Gasteiger partial charge is 0.508 e. The molecule has 0 aliphatic rings. The van der Waals surface area contributed by atoms with Crippen LogP contribution in [0.15, 0.2) is 55.0 Å². The second kappa shape index (κ2) is 5.24. The number of aryl methyl sites for hydroxylation is 1. The molecule has 1 aromatic carbocycles. The number of phenolic OH excluding ortho intramolecular Hbond substituents is 1. The fourth-order valence-electron chi connectivity index (χ4n) is 2.57. The first-order valence-corrected chi connectivity index (χ1v) is 7.30. The van der Waals surface area contributed by atoms with Gasteiger partial charge in [0.25, 0.3) is 0 Å². The van der Waals surface area contributed by atoms with Gasteiger partial charge in [-0.3, -0.25) is 4.68 Å². The lowest BCUT2D eigenvalue weighted by Crippen LogP contribution is -2.00. The van der Waals surface area contributed by atoms with Crippen molar-refractivity contribution < 1.29 is 5.11 Å². The van der Waals surface area contributed by atoms with Gasteiger partial charge in [-0.2, -0.15) is 10.2 Å². The normalized spacial score (nSPS) is 11.2. The minimum atomic E-state index is 0.267. The Morgan fingerprint density at radius 3 is 2.61 bits per heavy atom. The van der Waals surface area contributed by atoms with Gasteiger partial charge in [-0.05, 0) is 29.8 Å². The minimum absolute atomic E-state index is 0.267. The van der Waals surface area contributed by atoms with Crippen molar-refractivity contribution in [3.05, 3.63) is 66.2 Å². The molecule has 23 heavy (non-hydrogen) atoms. The second-order valence-corrected chi connectivity index (χ2v) is 5.48. The number of fused-ring (bicyclic) bond motifs is 1. The highest BCUT2D eigenvalue weighted by molar-refractivity contribution is 5.58. The van der Waals surface area contributed by atoms with Gasteiger partial charge in [0, 0.05) is 25.2 Å². The number of hydrogen-bond donors (Lipinski definition) is 1. The van der Waals surface area contributed by atoms with Crippen LogP contribution in [0.5, 0.6) is 5.75 Å². The van der Waals surface area contributed by atoms with E-state index in [1.54, 1.807) is 23.0 Å². The molecule has 3 aromatic heterocycles. The van der Waals surface area contributed by atoms with Crippen molar-refractivity contribution in [3.8, 4) is 17.0 Å². The summed E-state index contributed by atoms with van der Waals surface area (Å²) in [6, 6.07) is 11.1. The summed E-state index contributed by atoms with van der Waals surface area (Å²) in [7, 11) is 1.88. The van der Waals surface area contributed by atoms with E-state index in [0.717, 1.165) is 28.2 Å². The highest BCUT2D eigenvalue weighted by Crippen LogP contribution is 2.19. The third kappa shape index (κ3) is 2.55. The van der Waals surface area contributed by atoms with E-state index in [-0.39, 0.29) is 5.75 Å². The standard InChI is InChI=1S/C17H15N5O/c1-21-11-13(9-19-21)16-6-7-17-18-10-14(22(17)20-16)8-12-2-4-15(23)5-3-12/h2-7,9-11,23H,8H2,1H3. The molecule has 0 saturated carbocycles. The summed E-state index contributed by atoms with van der Waals surface area (Å²) in [5.74, 6) is 0.267. The molecule has 4 aromatic rings. The van der Waals surface area contributed by atoms with Crippen LogP contribution in [0.3, 0.4) is 0 Å². The van der Waals surface area contributed by atoms with Crippen LogP contribution < -0.4 is 0 Å². The zero-order valence-corrected chi connectivity index (χ0v) is 12.6. The summed E-state index contributed by atoms with van der Waals surface area (Å²) in [6.45, 7) is 0. The fourth-order valence-corrected chi connectivity index (χ4v) is 2.57. The van der Waals surface area contributed by atoms with Crippen LogP contribution in [0.2, 0.25) is 0 Å². The minimum Gasteiger partial charge on any atom is -0.508 e. The molecule has 0 unspecified atom stereocenters. The lowest BCUT2D eigenvalue weighted by molar-refractivity contribution is 0.475. The Balaban J connectivity index is 1.74. The summed E-state index contributed by atoms with van der Waals surface area (Å²) in [5, 5.41) is 18.3. The highest BCUT2D eigenvalue weighted by Gasteiger charge is 2.09. The number of imidazole rings is 1. The summed E-state index contributed by atoms with van der Waals surface area (Å²) in [6.07, 6.45) is 6.27. The Bertz CT molecular complexity index is 968. The summed E-state index contributed by atoms with van der Waals surface area (Å²) in [4.78, 5) is 4.40. The average molecular weight is 305 g/mol. The molecule has 1 N–H and O–H groups in total. The predicted molar refractivity (Wildman–Crippen MR) is 86.1 cm³/mol. The molecule has 0 bridgehead atoms. The summed E-state index contributed by atoms with van der Waals surface area (Å²) < 4.78 is 3.61. The van der Waals surface area contributed by atoms with Gasteiger partial charge in [-0.25, -0.2) is 9.50 Å². The molecule has 0 fully saturated rings. The van der Waals surface area contributed by atoms with Crippen molar-refractivity contribution in [1.82, 2.24) is 24.4 Å². The van der Waals surface area contributed by atoms with Crippen molar-refractivity contribution in [2.24, 2.45) is 7.05 Å². The summed E-state index contributed by atoms with van der Waals surface area (Å²) in [5.41, 5.74) is 4.73. The molecule has 3 heterocycles. The first-order valence-electron chi connectivity index (χ1n) is 7.30. The topological polar surface area (TPSA) is 68.2 Å². The van der Waals surface area contributed by atoms with E-state index in [1.165, 1.54) is 0 Å². The summed E-state index contributed by atoms with van der Waals surface area (Å²) >= 11 is 0. The number of phenols is 1. The fraction of sp³-hybridized carbons (Fsp3) is 0.118. The van der Waals surface area contributed by atoms with Crippen molar-refractivity contribution >= 4 is 5.65 Å². The number of aromatic nitrogens is 5.